The van der Waals surface area contributed by atoms with Crippen LogP contribution in [0.3, 0.4) is 0 Å². The lowest BCUT2D eigenvalue weighted by atomic mass is 10.2. The van der Waals surface area contributed by atoms with E-state index >= 15 is 0 Å². The second-order valence-electron chi connectivity index (χ2n) is 6.59. The van der Waals surface area contributed by atoms with Gasteiger partial charge in [0, 0.05) is 38.5 Å². The zero-order valence-electron chi connectivity index (χ0n) is 16.5. The molecule has 156 valence electrons. The van der Waals surface area contributed by atoms with Gasteiger partial charge < -0.3 is 14.4 Å². The van der Waals surface area contributed by atoms with E-state index in [0.717, 1.165) is 5.69 Å². The van der Waals surface area contributed by atoms with Crippen LogP contribution < -0.4 is 4.90 Å². The van der Waals surface area contributed by atoms with Gasteiger partial charge in [-0.3, -0.25) is 0 Å². The minimum atomic E-state index is -3.68. The molecule has 3 rings (SSSR count). The Bertz CT molecular complexity index is 910. The predicted molar refractivity (Wildman–Crippen MR) is 111 cm³/mol. The van der Waals surface area contributed by atoms with Crippen LogP contribution in [0, 0.1) is 0 Å². The summed E-state index contributed by atoms with van der Waals surface area (Å²) in [6, 6.07) is 15.9. The van der Waals surface area contributed by atoms with Crippen molar-refractivity contribution >= 4 is 21.7 Å². The summed E-state index contributed by atoms with van der Waals surface area (Å²) in [5, 5.41) is 0. The lowest BCUT2D eigenvalue weighted by molar-refractivity contribution is 0.0335. The number of anilines is 1. The fourth-order valence-electron chi connectivity index (χ4n) is 3.18. The number of piperazine rings is 1. The van der Waals surface area contributed by atoms with Gasteiger partial charge >= 0.3 is 5.97 Å². The van der Waals surface area contributed by atoms with Gasteiger partial charge in [-0.05, 0) is 37.3 Å². The molecule has 0 aliphatic carbocycles. The van der Waals surface area contributed by atoms with Crippen LogP contribution in [0.5, 0.6) is 0 Å². The van der Waals surface area contributed by atoms with Crippen LogP contribution >= 0.6 is 0 Å². The number of carbonyl (C=O) groups excluding carboxylic acids is 1. The van der Waals surface area contributed by atoms with E-state index in [1.807, 2.05) is 37.3 Å². The Kier molecular flexibility index (Phi) is 7.24. The van der Waals surface area contributed by atoms with Crippen molar-refractivity contribution in [3.8, 4) is 0 Å². The monoisotopic (exact) mass is 418 g/mol. The summed E-state index contributed by atoms with van der Waals surface area (Å²) >= 11 is 0. The molecule has 1 aliphatic heterocycles. The average molecular weight is 419 g/mol. The Balaban J connectivity index is 1.65. The average Bonchev–Trinajstić information content (AvgIpc) is 2.77. The van der Waals surface area contributed by atoms with Crippen molar-refractivity contribution in [2.24, 2.45) is 0 Å². The third-order valence-electron chi connectivity index (χ3n) is 4.73. The Morgan fingerprint density at radius 2 is 1.69 bits per heavy atom. The van der Waals surface area contributed by atoms with Crippen LogP contribution in [0.15, 0.2) is 59.5 Å². The van der Waals surface area contributed by atoms with Crippen molar-refractivity contribution in [3.63, 3.8) is 0 Å². The summed E-state index contributed by atoms with van der Waals surface area (Å²) in [5.74, 6) is -0.560. The number of nitrogens with zero attached hydrogens (tertiary/aromatic N) is 2. The van der Waals surface area contributed by atoms with E-state index in [2.05, 4.69) is 4.90 Å². The third kappa shape index (κ3) is 5.35. The zero-order valence-corrected chi connectivity index (χ0v) is 17.3. The lowest BCUT2D eigenvalue weighted by Crippen LogP contribution is -2.48. The third-order valence-corrected chi connectivity index (χ3v) is 6.63. The number of para-hydroxylation sites is 1. The largest absolute Gasteiger partial charge is 0.460 e. The number of sulfonamides is 1. The molecule has 29 heavy (non-hydrogen) atoms. The summed E-state index contributed by atoms with van der Waals surface area (Å²) < 4.78 is 37.8. The SMILES string of the molecule is CCOCCOC(=O)c1cccc(S(=O)(=O)N2CCN(c3ccccc3)CC2)c1. The molecule has 0 amide bonds. The quantitative estimate of drug-likeness (QED) is 0.484. The first kappa shape index (κ1) is 21.3. The molecule has 0 unspecified atom stereocenters. The lowest BCUT2D eigenvalue weighted by Gasteiger charge is -2.35. The molecule has 0 radical (unpaired) electrons. The van der Waals surface area contributed by atoms with Crippen molar-refractivity contribution in [1.29, 1.82) is 0 Å². The molecular weight excluding hydrogens is 392 g/mol. The molecule has 0 N–H and O–H groups in total. The smallest absolute Gasteiger partial charge is 0.338 e. The van der Waals surface area contributed by atoms with E-state index in [-0.39, 0.29) is 17.1 Å². The first-order valence-corrected chi connectivity index (χ1v) is 11.1. The maximum Gasteiger partial charge on any atom is 0.338 e. The summed E-state index contributed by atoms with van der Waals surface area (Å²) in [7, 11) is -3.68. The zero-order chi connectivity index (χ0) is 20.7. The topological polar surface area (TPSA) is 76.1 Å². The van der Waals surface area contributed by atoms with Crippen molar-refractivity contribution < 1.29 is 22.7 Å². The summed E-state index contributed by atoms with van der Waals surface area (Å²) in [4.78, 5) is 14.4. The highest BCUT2D eigenvalue weighted by Gasteiger charge is 2.29. The van der Waals surface area contributed by atoms with Gasteiger partial charge in [0.05, 0.1) is 17.1 Å². The van der Waals surface area contributed by atoms with Gasteiger partial charge in [0.1, 0.15) is 6.61 Å². The second kappa shape index (κ2) is 9.87. The molecular formula is C21H26N2O5S. The Morgan fingerprint density at radius 3 is 2.38 bits per heavy atom. The van der Waals surface area contributed by atoms with Gasteiger partial charge in [-0.25, -0.2) is 13.2 Å². The number of hydrogen-bond donors (Lipinski definition) is 0. The number of hydrogen-bond acceptors (Lipinski definition) is 6. The van der Waals surface area contributed by atoms with Crippen LogP contribution in [0.2, 0.25) is 0 Å². The molecule has 0 saturated carbocycles. The highest BCUT2D eigenvalue weighted by molar-refractivity contribution is 7.89. The molecule has 1 heterocycles. The number of carbonyl (C=O) groups is 1. The van der Waals surface area contributed by atoms with Crippen molar-refractivity contribution in [2.45, 2.75) is 11.8 Å². The summed E-state index contributed by atoms with van der Waals surface area (Å²) in [6.07, 6.45) is 0. The van der Waals surface area contributed by atoms with E-state index < -0.39 is 16.0 Å². The van der Waals surface area contributed by atoms with Crippen LogP contribution in [0.25, 0.3) is 0 Å². The van der Waals surface area contributed by atoms with Crippen molar-refractivity contribution in [3.05, 3.63) is 60.2 Å². The van der Waals surface area contributed by atoms with Crippen molar-refractivity contribution in [2.75, 3.05) is 50.9 Å². The van der Waals surface area contributed by atoms with Crippen LogP contribution in [-0.2, 0) is 19.5 Å². The maximum absolute atomic E-state index is 13.0. The van der Waals surface area contributed by atoms with E-state index in [1.165, 1.54) is 16.4 Å². The fraction of sp³-hybridized carbons (Fsp3) is 0.381. The second-order valence-corrected chi connectivity index (χ2v) is 8.53. The van der Waals surface area contributed by atoms with Crippen LogP contribution in [-0.4, -0.2) is 64.7 Å². The standard InChI is InChI=1S/C21H26N2O5S/c1-2-27-15-16-28-21(24)18-7-6-10-20(17-18)29(25,26)23-13-11-22(12-14-23)19-8-4-3-5-9-19/h3-10,17H,2,11-16H2,1H3. The summed E-state index contributed by atoms with van der Waals surface area (Å²) in [5.41, 5.74) is 1.30. The molecule has 1 fully saturated rings. The number of benzene rings is 2. The van der Waals surface area contributed by atoms with Crippen LogP contribution in [0.1, 0.15) is 17.3 Å². The number of esters is 1. The van der Waals surface area contributed by atoms with Crippen LogP contribution in [0.4, 0.5) is 5.69 Å². The summed E-state index contributed by atoms with van der Waals surface area (Å²) in [6.45, 7) is 4.85. The predicted octanol–water partition coefficient (Wildman–Crippen LogP) is 2.39. The minimum Gasteiger partial charge on any atom is -0.460 e. The van der Waals surface area contributed by atoms with Gasteiger partial charge in [-0.2, -0.15) is 4.31 Å². The highest BCUT2D eigenvalue weighted by atomic mass is 32.2. The molecule has 1 saturated heterocycles. The Hall–Kier alpha value is -2.42. The van der Waals surface area contributed by atoms with Gasteiger partial charge in [0.25, 0.3) is 0 Å². The highest BCUT2D eigenvalue weighted by Crippen LogP contribution is 2.22. The van der Waals surface area contributed by atoms with E-state index in [9.17, 15) is 13.2 Å². The molecule has 2 aromatic carbocycles. The first-order valence-electron chi connectivity index (χ1n) is 9.67. The minimum absolute atomic E-state index is 0.102. The number of rotatable bonds is 8. The fourth-order valence-corrected chi connectivity index (χ4v) is 4.65. The van der Waals surface area contributed by atoms with E-state index in [4.69, 9.17) is 9.47 Å². The van der Waals surface area contributed by atoms with E-state index in [1.54, 1.807) is 12.1 Å². The van der Waals surface area contributed by atoms with Gasteiger partial charge in [0.2, 0.25) is 10.0 Å². The normalized spacial score (nSPS) is 15.3. The molecule has 7 nitrogen and oxygen atoms in total. The molecule has 0 bridgehead atoms. The molecule has 2 aromatic rings. The maximum atomic E-state index is 13.0. The molecule has 8 heteroatoms. The first-order chi connectivity index (χ1) is 14.0. The molecule has 0 atom stereocenters. The molecule has 0 spiro atoms. The Labute approximate surface area is 171 Å². The van der Waals surface area contributed by atoms with Gasteiger partial charge in [-0.1, -0.05) is 24.3 Å². The Morgan fingerprint density at radius 1 is 0.966 bits per heavy atom. The van der Waals surface area contributed by atoms with Gasteiger partial charge in [0.15, 0.2) is 0 Å². The van der Waals surface area contributed by atoms with Crippen molar-refractivity contribution in [1.82, 2.24) is 4.31 Å². The number of ether oxygens (including phenoxy) is 2. The van der Waals surface area contributed by atoms with E-state index in [0.29, 0.717) is 39.4 Å². The molecule has 0 aromatic heterocycles. The molecule has 1 aliphatic rings. The van der Waals surface area contributed by atoms with Gasteiger partial charge in [-0.15, -0.1) is 0 Å².